The zero-order valence-corrected chi connectivity index (χ0v) is 10.7. The minimum atomic E-state index is -0.967. The first-order valence-corrected chi connectivity index (χ1v) is 6.22. The van der Waals surface area contributed by atoms with Crippen molar-refractivity contribution in [3.05, 3.63) is 30.1 Å². The molecule has 0 saturated carbocycles. The van der Waals surface area contributed by atoms with E-state index in [0.29, 0.717) is 13.1 Å². The van der Waals surface area contributed by atoms with Gasteiger partial charge in [0.05, 0.1) is 6.42 Å². The quantitative estimate of drug-likeness (QED) is 0.813. The molecule has 2 N–H and O–H groups in total. The van der Waals surface area contributed by atoms with Gasteiger partial charge in [0.25, 0.3) is 0 Å². The van der Waals surface area contributed by atoms with Gasteiger partial charge in [-0.3, -0.25) is 19.5 Å². The second-order valence-corrected chi connectivity index (χ2v) is 4.74. The first-order valence-electron chi connectivity index (χ1n) is 6.22. The lowest BCUT2D eigenvalue weighted by molar-refractivity contribution is -0.144. The van der Waals surface area contributed by atoms with Crippen molar-refractivity contribution in [1.29, 1.82) is 0 Å². The molecule has 1 amide bonds. The summed E-state index contributed by atoms with van der Waals surface area (Å²) in [6, 6.07) is 3.23. The molecule has 2 heterocycles. The monoisotopic (exact) mass is 263 g/mol. The van der Waals surface area contributed by atoms with Crippen LogP contribution in [0.1, 0.15) is 18.9 Å². The number of aliphatic carboxylic acids is 1. The molecule has 6 nitrogen and oxygen atoms in total. The molecule has 6 heteroatoms. The molecular weight excluding hydrogens is 246 g/mol. The highest BCUT2D eigenvalue weighted by Crippen LogP contribution is 2.17. The second kappa shape index (κ2) is 5.79. The van der Waals surface area contributed by atoms with Crippen LogP contribution in [0.15, 0.2) is 24.5 Å². The molecule has 0 aromatic carbocycles. The van der Waals surface area contributed by atoms with Crippen molar-refractivity contribution in [2.75, 3.05) is 6.54 Å². The molecular formula is C13H17N3O3. The Bertz CT molecular complexity index is 463. The molecule has 2 unspecified atom stereocenters. The summed E-state index contributed by atoms with van der Waals surface area (Å²) < 4.78 is 0. The number of carbonyl (C=O) groups is 2. The van der Waals surface area contributed by atoms with E-state index in [9.17, 15) is 9.59 Å². The van der Waals surface area contributed by atoms with Crippen molar-refractivity contribution in [1.82, 2.24) is 15.2 Å². The Hall–Kier alpha value is -1.95. The first kappa shape index (κ1) is 13.5. The Morgan fingerprint density at radius 3 is 3.05 bits per heavy atom. The van der Waals surface area contributed by atoms with E-state index in [4.69, 9.17) is 5.11 Å². The van der Waals surface area contributed by atoms with Gasteiger partial charge in [-0.1, -0.05) is 6.07 Å². The minimum absolute atomic E-state index is 0.0993. The molecule has 1 aliphatic heterocycles. The van der Waals surface area contributed by atoms with Crippen LogP contribution in [0, 0.1) is 0 Å². The van der Waals surface area contributed by atoms with Gasteiger partial charge in [0.1, 0.15) is 6.04 Å². The second-order valence-electron chi connectivity index (χ2n) is 4.74. The fourth-order valence-corrected chi connectivity index (χ4v) is 2.29. The van der Waals surface area contributed by atoms with Crippen LogP contribution >= 0.6 is 0 Å². The summed E-state index contributed by atoms with van der Waals surface area (Å²) in [4.78, 5) is 28.7. The number of amides is 1. The SMILES string of the molecule is CC1CNC(=O)C(CC(=O)O)N1Cc1cccnc1. The average molecular weight is 263 g/mol. The van der Waals surface area contributed by atoms with E-state index in [1.165, 1.54) is 0 Å². The van der Waals surface area contributed by atoms with Gasteiger partial charge in [0, 0.05) is 31.5 Å². The van der Waals surface area contributed by atoms with Gasteiger partial charge in [0.2, 0.25) is 5.91 Å². The molecule has 1 aromatic rings. The van der Waals surface area contributed by atoms with E-state index in [1.807, 2.05) is 24.0 Å². The lowest BCUT2D eigenvalue weighted by atomic mass is 10.0. The van der Waals surface area contributed by atoms with Gasteiger partial charge in [0.15, 0.2) is 0 Å². The number of nitrogens with zero attached hydrogens (tertiary/aromatic N) is 2. The van der Waals surface area contributed by atoms with E-state index in [-0.39, 0.29) is 18.4 Å². The van der Waals surface area contributed by atoms with E-state index < -0.39 is 12.0 Å². The maximum atomic E-state index is 11.8. The van der Waals surface area contributed by atoms with Crippen LogP contribution in [0.25, 0.3) is 0 Å². The fraction of sp³-hybridized carbons (Fsp3) is 0.462. The molecule has 2 atom stereocenters. The zero-order valence-electron chi connectivity index (χ0n) is 10.7. The summed E-state index contributed by atoms with van der Waals surface area (Å²) in [5.74, 6) is -1.19. The zero-order chi connectivity index (χ0) is 13.8. The number of rotatable bonds is 4. The smallest absolute Gasteiger partial charge is 0.305 e. The Morgan fingerprint density at radius 1 is 1.63 bits per heavy atom. The van der Waals surface area contributed by atoms with E-state index >= 15 is 0 Å². The normalized spacial score (nSPS) is 23.9. The molecule has 1 fully saturated rings. The molecule has 1 saturated heterocycles. The predicted octanol–water partition coefficient (Wildman–Crippen LogP) is 0.245. The van der Waals surface area contributed by atoms with E-state index in [1.54, 1.807) is 12.4 Å². The third-order valence-electron chi connectivity index (χ3n) is 3.30. The van der Waals surface area contributed by atoms with Crippen LogP contribution in [0.4, 0.5) is 0 Å². The molecule has 0 radical (unpaired) electrons. The molecule has 0 aliphatic carbocycles. The van der Waals surface area contributed by atoms with Crippen molar-refractivity contribution in [2.45, 2.75) is 32.0 Å². The number of pyridine rings is 1. The first-order chi connectivity index (χ1) is 9.08. The number of nitrogens with one attached hydrogen (secondary N) is 1. The largest absolute Gasteiger partial charge is 0.481 e. The average Bonchev–Trinajstić information content (AvgIpc) is 2.39. The Kier molecular flexibility index (Phi) is 4.11. The van der Waals surface area contributed by atoms with Crippen LogP contribution in [0.2, 0.25) is 0 Å². The minimum Gasteiger partial charge on any atom is -0.481 e. The van der Waals surface area contributed by atoms with Crippen molar-refractivity contribution < 1.29 is 14.7 Å². The molecule has 102 valence electrons. The van der Waals surface area contributed by atoms with Gasteiger partial charge < -0.3 is 10.4 Å². The van der Waals surface area contributed by atoms with Gasteiger partial charge >= 0.3 is 5.97 Å². The summed E-state index contributed by atoms with van der Waals surface area (Å²) in [7, 11) is 0. The maximum absolute atomic E-state index is 11.8. The fourth-order valence-electron chi connectivity index (χ4n) is 2.29. The lowest BCUT2D eigenvalue weighted by Crippen LogP contribution is -2.59. The van der Waals surface area contributed by atoms with Crippen molar-refractivity contribution >= 4 is 11.9 Å². The molecule has 1 aromatic heterocycles. The number of piperazine rings is 1. The number of carboxylic acids is 1. The van der Waals surface area contributed by atoms with E-state index in [2.05, 4.69) is 10.3 Å². The van der Waals surface area contributed by atoms with Gasteiger partial charge in [-0.15, -0.1) is 0 Å². The highest BCUT2D eigenvalue weighted by Gasteiger charge is 2.35. The van der Waals surface area contributed by atoms with Crippen LogP contribution in [-0.2, 0) is 16.1 Å². The lowest BCUT2D eigenvalue weighted by Gasteiger charge is -2.39. The highest BCUT2D eigenvalue weighted by molar-refractivity contribution is 5.86. The van der Waals surface area contributed by atoms with Crippen LogP contribution in [0.3, 0.4) is 0 Å². The molecule has 1 aliphatic rings. The standard InChI is InChI=1S/C13H17N3O3/c1-9-6-15-13(19)11(5-12(17)18)16(9)8-10-3-2-4-14-7-10/h2-4,7,9,11H,5-6,8H2,1H3,(H,15,19)(H,17,18). The summed E-state index contributed by atoms with van der Waals surface area (Å²) >= 11 is 0. The van der Waals surface area contributed by atoms with Gasteiger partial charge in [-0.05, 0) is 18.6 Å². The maximum Gasteiger partial charge on any atom is 0.305 e. The van der Waals surface area contributed by atoms with E-state index in [0.717, 1.165) is 5.56 Å². The number of carboxylic acid groups (broad SMARTS) is 1. The van der Waals surface area contributed by atoms with Crippen molar-refractivity contribution in [3.8, 4) is 0 Å². The Balaban J connectivity index is 2.16. The van der Waals surface area contributed by atoms with Crippen LogP contribution in [0.5, 0.6) is 0 Å². The number of hydrogen-bond donors (Lipinski definition) is 2. The summed E-state index contributed by atoms with van der Waals surface area (Å²) in [5, 5.41) is 11.7. The highest BCUT2D eigenvalue weighted by atomic mass is 16.4. The molecule has 19 heavy (non-hydrogen) atoms. The number of aromatic nitrogens is 1. The Labute approximate surface area is 111 Å². The van der Waals surface area contributed by atoms with Crippen LogP contribution in [-0.4, -0.2) is 45.5 Å². The van der Waals surface area contributed by atoms with Crippen LogP contribution < -0.4 is 5.32 Å². The molecule has 0 bridgehead atoms. The Morgan fingerprint density at radius 2 is 2.42 bits per heavy atom. The summed E-state index contributed by atoms with van der Waals surface area (Å²) in [6.45, 7) is 3.04. The molecule has 2 rings (SSSR count). The summed E-state index contributed by atoms with van der Waals surface area (Å²) in [6.07, 6.45) is 3.23. The summed E-state index contributed by atoms with van der Waals surface area (Å²) in [5.41, 5.74) is 0.972. The number of hydrogen-bond acceptors (Lipinski definition) is 4. The third-order valence-corrected chi connectivity index (χ3v) is 3.30. The predicted molar refractivity (Wildman–Crippen MR) is 68.3 cm³/mol. The topological polar surface area (TPSA) is 82.5 Å². The third kappa shape index (κ3) is 3.29. The van der Waals surface area contributed by atoms with Crippen molar-refractivity contribution in [3.63, 3.8) is 0 Å². The number of carbonyl (C=O) groups excluding carboxylic acids is 1. The van der Waals surface area contributed by atoms with Gasteiger partial charge in [-0.25, -0.2) is 0 Å². The van der Waals surface area contributed by atoms with Gasteiger partial charge in [-0.2, -0.15) is 0 Å². The van der Waals surface area contributed by atoms with Crippen molar-refractivity contribution in [2.24, 2.45) is 0 Å². The molecule has 0 spiro atoms.